The quantitative estimate of drug-likeness (QED) is 0.225. The minimum absolute atomic E-state index is 0.0328. The maximum Gasteiger partial charge on any atom is 0.340 e. The van der Waals surface area contributed by atoms with Crippen LogP contribution in [0.15, 0.2) is 36.4 Å². The van der Waals surface area contributed by atoms with Crippen molar-refractivity contribution in [2.75, 3.05) is 4.90 Å². The highest BCUT2D eigenvalue weighted by atomic mass is 16.5. The lowest BCUT2D eigenvalue weighted by Gasteiger charge is -2.62. The summed E-state index contributed by atoms with van der Waals surface area (Å²) in [5.41, 5.74) is 1.02. The molecular formula is C38H53NO4. The first-order valence-electron chi connectivity index (χ1n) is 17.4. The normalized spacial score (nSPS) is 37.7. The molecule has 5 nitrogen and oxygen atoms in total. The Balaban J connectivity index is 1.21. The molecule has 43 heavy (non-hydrogen) atoms. The number of esters is 1. The highest BCUT2D eigenvalue weighted by Crippen LogP contribution is 2.68. The van der Waals surface area contributed by atoms with Crippen molar-refractivity contribution in [1.82, 2.24) is 0 Å². The Hall–Kier alpha value is -2.43. The largest absolute Gasteiger partial charge is 0.458 e. The van der Waals surface area contributed by atoms with E-state index in [0.717, 1.165) is 41.4 Å². The van der Waals surface area contributed by atoms with E-state index in [2.05, 4.69) is 34.6 Å². The van der Waals surface area contributed by atoms with Crippen LogP contribution in [0.25, 0.3) is 0 Å². The highest BCUT2D eigenvalue weighted by Gasteiger charge is 2.62. The Kier molecular flexibility index (Phi) is 8.41. The van der Waals surface area contributed by atoms with E-state index in [1.54, 1.807) is 24.3 Å². The Morgan fingerprint density at radius 1 is 0.907 bits per heavy atom. The first-order chi connectivity index (χ1) is 20.6. The molecule has 4 aliphatic carbocycles. The molecule has 5 aliphatic rings. The standard InChI is InChI=1S/C38H53NO4/c1-24(2)10-8-11-25(3)29-18-19-30-27-17-16-26-12-9-15-33(38(26,5)31(27)22-23-37(29,30)4)43-36(42)28-13-6-7-14-32(28)39-34(40)20-21-35(39)41/h6-7,13-14,20-21,24-27,29-31,33H,8-12,15-19,22-23H2,1-5H3/t25-,26?,27+,29-,30+,31+,33?,37-,38+/m1/s1. The van der Waals surface area contributed by atoms with E-state index in [-0.39, 0.29) is 11.5 Å². The number of rotatable bonds is 8. The summed E-state index contributed by atoms with van der Waals surface area (Å²) >= 11 is 0. The topological polar surface area (TPSA) is 63.7 Å². The number of anilines is 1. The van der Waals surface area contributed by atoms with Crippen molar-refractivity contribution >= 4 is 23.5 Å². The molecule has 234 valence electrons. The first kappa shape index (κ1) is 30.6. The lowest BCUT2D eigenvalue weighted by molar-refractivity contribution is -0.166. The smallest absolute Gasteiger partial charge is 0.340 e. The lowest BCUT2D eigenvalue weighted by atomic mass is 9.44. The van der Waals surface area contributed by atoms with E-state index < -0.39 is 17.8 Å². The van der Waals surface area contributed by atoms with Crippen LogP contribution < -0.4 is 4.90 Å². The van der Waals surface area contributed by atoms with Crippen LogP contribution in [0.5, 0.6) is 0 Å². The van der Waals surface area contributed by atoms with E-state index in [4.69, 9.17) is 4.74 Å². The second-order valence-corrected chi connectivity index (χ2v) is 15.7. The summed E-state index contributed by atoms with van der Waals surface area (Å²) in [4.78, 5) is 39.9. The van der Waals surface area contributed by atoms with Gasteiger partial charge in [-0.1, -0.05) is 66.0 Å². The summed E-state index contributed by atoms with van der Waals surface area (Å²) < 4.78 is 6.52. The maximum atomic E-state index is 13.9. The van der Waals surface area contributed by atoms with Gasteiger partial charge < -0.3 is 4.74 Å². The molecule has 0 bridgehead atoms. The number of benzene rings is 1. The molecule has 6 rings (SSSR count). The Labute approximate surface area is 259 Å². The average Bonchev–Trinajstić information content (AvgIpc) is 3.51. The van der Waals surface area contributed by atoms with Gasteiger partial charge in [-0.05, 0) is 117 Å². The van der Waals surface area contributed by atoms with Gasteiger partial charge in [0.15, 0.2) is 0 Å². The SMILES string of the molecule is CC(C)CCC[C@@H](C)[C@H]1CC[C@H]2[C@@H]3CCC4CCCC(OC(=O)c5ccccc5N5C(=O)C=CC5=O)[C@]4(C)[C@H]3CC[C@]12C. The monoisotopic (exact) mass is 587 g/mol. The van der Waals surface area contributed by atoms with E-state index in [1.165, 1.54) is 76.4 Å². The number of imide groups is 1. The molecule has 1 aliphatic heterocycles. The number of hydrogen-bond acceptors (Lipinski definition) is 4. The Bertz CT molecular complexity index is 1250. The van der Waals surface area contributed by atoms with Crippen LogP contribution in [-0.2, 0) is 14.3 Å². The molecule has 1 aromatic rings. The maximum absolute atomic E-state index is 13.9. The van der Waals surface area contributed by atoms with Gasteiger partial charge in [-0.25, -0.2) is 9.69 Å². The number of ether oxygens (including phenoxy) is 1. The summed E-state index contributed by atoms with van der Waals surface area (Å²) in [6.07, 6.45) is 17.5. The van der Waals surface area contributed by atoms with Crippen LogP contribution in [0.2, 0.25) is 0 Å². The Morgan fingerprint density at radius 3 is 2.40 bits per heavy atom. The van der Waals surface area contributed by atoms with Gasteiger partial charge in [0.2, 0.25) is 0 Å². The van der Waals surface area contributed by atoms with Crippen LogP contribution in [-0.4, -0.2) is 23.9 Å². The minimum Gasteiger partial charge on any atom is -0.458 e. The van der Waals surface area contributed by atoms with Gasteiger partial charge >= 0.3 is 5.97 Å². The molecule has 0 saturated heterocycles. The van der Waals surface area contributed by atoms with Crippen LogP contribution in [0, 0.1) is 52.3 Å². The van der Waals surface area contributed by atoms with Gasteiger partial charge in [0, 0.05) is 17.6 Å². The third-order valence-electron chi connectivity index (χ3n) is 13.3. The van der Waals surface area contributed by atoms with Crippen molar-refractivity contribution in [3.8, 4) is 0 Å². The molecule has 5 heteroatoms. The van der Waals surface area contributed by atoms with Crippen molar-refractivity contribution in [3.63, 3.8) is 0 Å². The molecule has 0 spiro atoms. The predicted molar refractivity (Wildman–Crippen MR) is 170 cm³/mol. The van der Waals surface area contributed by atoms with Crippen molar-refractivity contribution in [1.29, 1.82) is 0 Å². The molecule has 9 atom stereocenters. The molecule has 2 unspecified atom stereocenters. The Morgan fingerprint density at radius 2 is 1.65 bits per heavy atom. The average molecular weight is 588 g/mol. The summed E-state index contributed by atoms with van der Waals surface area (Å²) in [5, 5.41) is 0. The number of carbonyl (C=O) groups excluding carboxylic acids is 3. The second kappa shape index (κ2) is 11.8. The summed E-state index contributed by atoms with van der Waals surface area (Å²) in [7, 11) is 0. The molecule has 0 N–H and O–H groups in total. The number of carbonyl (C=O) groups is 3. The van der Waals surface area contributed by atoms with Crippen LogP contribution in [0.3, 0.4) is 0 Å². The molecule has 2 amide bonds. The fourth-order valence-electron chi connectivity index (χ4n) is 11.2. The van der Waals surface area contributed by atoms with Gasteiger partial charge in [-0.3, -0.25) is 9.59 Å². The summed E-state index contributed by atoms with van der Waals surface area (Å²) in [6.45, 7) is 12.3. The van der Waals surface area contributed by atoms with E-state index in [9.17, 15) is 14.4 Å². The van der Waals surface area contributed by atoms with Gasteiger partial charge in [0.1, 0.15) is 6.10 Å². The van der Waals surface area contributed by atoms with Gasteiger partial charge in [0.25, 0.3) is 11.8 Å². The van der Waals surface area contributed by atoms with Crippen LogP contribution in [0.4, 0.5) is 5.69 Å². The highest BCUT2D eigenvalue weighted by molar-refractivity contribution is 6.29. The van der Waals surface area contributed by atoms with Crippen molar-refractivity contribution in [2.45, 2.75) is 118 Å². The minimum atomic E-state index is -0.417. The number of para-hydroxylation sites is 1. The van der Waals surface area contributed by atoms with Crippen molar-refractivity contribution < 1.29 is 19.1 Å². The van der Waals surface area contributed by atoms with Gasteiger partial charge in [-0.15, -0.1) is 0 Å². The zero-order chi connectivity index (χ0) is 30.5. The molecule has 0 aromatic heterocycles. The van der Waals surface area contributed by atoms with Crippen LogP contribution in [0.1, 0.15) is 122 Å². The predicted octanol–water partition coefficient (Wildman–Crippen LogP) is 8.76. The number of nitrogens with zero attached hydrogens (tertiary/aromatic N) is 1. The number of fused-ring (bicyclic) bond motifs is 5. The fourth-order valence-corrected chi connectivity index (χ4v) is 11.2. The fraction of sp³-hybridized carbons (Fsp3) is 0.711. The van der Waals surface area contributed by atoms with Crippen molar-refractivity contribution in [3.05, 3.63) is 42.0 Å². The zero-order valence-electron chi connectivity index (χ0n) is 27.1. The van der Waals surface area contributed by atoms with E-state index in [0.29, 0.717) is 34.4 Å². The van der Waals surface area contributed by atoms with Gasteiger partial charge in [-0.2, -0.15) is 0 Å². The molecule has 1 heterocycles. The third-order valence-corrected chi connectivity index (χ3v) is 13.3. The molecule has 0 radical (unpaired) electrons. The molecule has 4 fully saturated rings. The zero-order valence-corrected chi connectivity index (χ0v) is 27.1. The van der Waals surface area contributed by atoms with E-state index >= 15 is 0 Å². The summed E-state index contributed by atoms with van der Waals surface area (Å²) in [6, 6.07) is 6.90. The third kappa shape index (κ3) is 5.21. The van der Waals surface area contributed by atoms with Crippen molar-refractivity contribution in [2.24, 2.45) is 52.3 Å². The number of amides is 2. The van der Waals surface area contributed by atoms with Crippen LogP contribution >= 0.6 is 0 Å². The second-order valence-electron chi connectivity index (χ2n) is 15.7. The molecular weight excluding hydrogens is 534 g/mol. The first-order valence-corrected chi connectivity index (χ1v) is 17.4. The van der Waals surface area contributed by atoms with E-state index in [1.807, 2.05) is 0 Å². The molecule has 1 aromatic carbocycles. The number of hydrogen-bond donors (Lipinski definition) is 0. The lowest BCUT2D eigenvalue weighted by Crippen LogP contribution is -2.58. The summed E-state index contributed by atoms with van der Waals surface area (Å²) in [5.74, 6) is 3.83. The van der Waals surface area contributed by atoms with Gasteiger partial charge in [0.05, 0.1) is 11.3 Å². The molecule has 4 saturated carbocycles.